The average molecular weight is 175 g/mol. The van der Waals surface area contributed by atoms with Crippen LogP contribution in [0.4, 0.5) is 0 Å². The maximum absolute atomic E-state index is 3.15. The van der Waals surface area contributed by atoms with Crippen LogP contribution in [0.1, 0.15) is 0 Å². The summed E-state index contributed by atoms with van der Waals surface area (Å²) in [7, 11) is 0. The van der Waals surface area contributed by atoms with Crippen molar-refractivity contribution in [2.45, 2.75) is 0 Å². The molecule has 0 heterocycles. The first-order chi connectivity index (χ1) is 4.97. The topological polar surface area (TPSA) is 0 Å². The summed E-state index contributed by atoms with van der Waals surface area (Å²) in [4.78, 5) is 0. The Labute approximate surface area is 81.1 Å². The minimum atomic E-state index is 0. The largest absolute Gasteiger partial charge is 0.147 e. The molecule has 0 fully saturated rings. The van der Waals surface area contributed by atoms with Crippen LogP contribution in [0.25, 0.3) is 10.8 Å². The molecule has 0 aliphatic carbocycles. The Morgan fingerprint density at radius 3 is 2.45 bits per heavy atom. The summed E-state index contributed by atoms with van der Waals surface area (Å²) in [5.41, 5.74) is 0. The summed E-state index contributed by atoms with van der Waals surface area (Å²) in [6.45, 7) is 0. The molecule has 1 heteroatoms. The van der Waals surface area contributed by atoms with Crippen molar-refractivity contribution in [2.24, 2.45) is 0 Å². The molecule has 2 aromatic carbocycles. The fourth-order valence-electron chi connectivity index (χ4n) is 1.06. The van der Waals surface area contributed by atoms with Gasteiger partial charge in [-0.3, -0.25) is 0 Å². The molecule has 0 unspecified atom stereocenters. The third-order valence-corrected chi connectivity index (χ3v) is 1.57. The van der Waals surface area contributed by atoms with Crippen LogP contribution in [0.2, 0.25) is 0 Å². The van der Waals surface area contributed by atoms with E-state index >= 15 is 0 Å². The fraction of sp³-hybridized carbons (Fsp3) is 0. The number of hydrogen-bond acceptors (Lipinski definition) is 0. The van der Waals surface area contributed by atoms with Crippen molar-refractivity contribution < 1.29 is 21.7 Å². The second-order valence-electron chi connectivity index (χ2n) is 2.26. The minimum absolute atomic E-state index is 0. The van der Waals surface area contributed by atoms with Crippen LogP contribution in [0.15, 0.2) is 42.5 Å². The third-order valence-electron chi connectivity index (χ3n) is 1.57. The number of hydrogen-bond donors (Lipinski definition) is 0. The first kappa shape index (κ1) is 8.51. The molecule has 0 radical (unpaired) electrons. The van der Waals surface area contributed by atoms with Crippen molar-refractivity contribution in [1.82, 2.24) is 0 Å². The Morgan fingerprint density at radius 2 is 1.64 bits per heavy atom. The standard InChI is InChI=1S/C10H7.Ti/c1-2-6-10-8-4-3-7-9(10)5-1;/h1-7H;/q-1;. The maximum Gasteiger partial charge on any atom is 0 e. The zero-order valence-corrected chi connectivity index (χ0v) is 7.60. The first-order valence-electron chi connectivity index (χ1n) is 3.32. The van der Waals surface area contributed by atoms with Crippen LogP contribution in [-0.2, 0) is 21.7 Å². The Bertz CT molecular complexity index is 276. The van der Waals surface area contributed by atoms with Gasteiger partial charge in [0.2, 0.25) is 0 Å². The van der Waals surface area contributed by atoms with Crippen LogP contribution in [0, 0.1) is 6.07 Å². The van der Waals surface area contributed by atoms with Gasteiger partial charge < -0.3 is 0 Å². The van der Waals surface area contributed by atoms with E-state index in [2.05, 4.69) is 24.3 Å². The van der Waals surface area contributed by atoms with Crippen LogP contribution >= 0.6 is 0 Å². The Morgan fingerprint density at radius 1 is 0.909 bits per heavy atom. The molecule has 0 bridgehead atoms. The van der Waals surface area contributed by atoms with Gasteiger partial charge in [0.25, 0.3) is 0 Å². The molecule has 0 atom stereocenters. The smallest absolute Gasteiger partial charge is 0 e. The average Bonchev–Trinajstić information content (AvgIpc) is 2.05. The maximum atomic E-state index is 3.15. The van der Waals surface area contributed by atoms with E-state index in [1.807, 2.05) is 24.3 Å². The normalized spacial score (nSPS) is 9.09. The zero-order chi connectivity index (χ0) is 6.81. The molecule has 0 nitrogen and oxygen atoms in total. The summed E-state index contributed by atoms with van der Waals surface area (Å²) < 4.78 is 0. The van der Waals surface area contributed by atoms with Gasteiger partial charge in [-0.2, -0.15) is 0 Å². The van der Waals surface area contributed by atoms with Crippen LogP contribution in [0.3, 0.4) is 0 Å². The van der Waals surface area contributed by atoms with Crippen LogP contribution in [-0.4, -0.2) is 0 Å². The number of fused-ring (bicyclic) bond motifs is 1. The van der Waals surface area contributed by atoms with Crippen LogP contribution < -0.4 is 0 Å². The fourth-order valence-corrected chi connectivity index (χ4v) is 1.06. The van der Waals surface area contributed by atoms with Gasteiger partial charge in [0.05, 0.1) is 0 Å². The van der Waals surface area contributed by atoms with Gasteiger partial charge in [0.15, 0.2) is 0 Å². The Balaban J connectivity index is 0.000000605. The molecule has 0 aliphatic heterocycles. The van der Waals surface area contributed by atoms with Crippen molar-refractivity contribution in [3.05, 3.63) is 48.5 Å². The van der Waals surface area contributed by atoms with E-state index < -0.39 is 0 Å². The predicted octanol–water partition coefficient (Wildman–Crippen LogP) is 2.64. The van der Waals surface area contributed by atoms with Gasteiger partial charge in [-0.05, 0) is 0 Å². The van der Waals surface area contributed by atoms with Gasteiger partial charge in [-0.15, -0.1) is 47.2 Å². The molecule has 0 spiro atoms. The second-order valence-corrected chi connectivity index (χ2v) is 2.26. The molecule has 2 rings (SSSR count). The number of benzene rings is 2. The van der Waals surface area contributed by atoms with E-state index in [1.54, 1.807) is 0 Å². The van der Waals surface area contributed by atoms with E-state index in [9.17, 15) is 0 Å². The zero-order valence-electron chi connectivity index (χ0n) is 6.04. The number of rotatable bonds is 0. The van der Waals surface area contributed by atoms with Crippen molar-refractivity contribution >= 4 is 10.8 Å². The molecule has 0 aromatic heterocycles. The van der Waals surface area contributed by atoms with E-state index in [4.69, 9.17) is 0 Å². The molecule has 11 heavy (non-hydrogen) atoms. The van der Waals surface area contributed by atoms with Crippen molar-refractivity contribution in [3.63, 3.8) is 0 Å². The van der Waals surface area contributed by atoms with E-state index in [1.165, 1.54) is 10.8 Å². The molecule has 0 amide bonds. The van der Waals surface area contributed by atoms with E-state index in [0.717, 1.165) is 0 Å². The molecule has 0 saturated heterocycles. The van der Waals surface area contributed by atoms with Crippen molar-refractivity contribution in [2.75, 3.05) is 0 Å². The SMILES string of the molecule is [Ti].[c-]1cccc2ccccc12. The molecule has 0 aliphatic rings. The predicted molar refractivity (Wildman–Crippen MR) is 42.8 cm³/mol. The summed E-state index contributed by atoms with van der Waals surface area (Å²) in [6.07, 6.45) is 0. The van der Waals surface area contributed by atoms with Crippen molar-refractivity contribution in [1.29, 1.82) is 0 Å². The Hall–Kier alpha value is -0.586. The molecular formula is C10H7Ti-. The van der Waals surface area contributed by atoms with E-state index in [-0.39, 0.29) is 21.7 Å². The summed E-state index contributed by atoms with van der Waals surface area (Å²) in [5.74, 6) is 0. The van der Waals surface area contributed by atoms with Crippen molar-refractivity contribution in [3.8, 4) is 0 Å². The molecular weight excluding hydrogens is 168 g/mol. The summed E-state index contributed by atoms with van der Waals surface area (Å²) in [6, 6.07) is 17.4. The monoisotopic (exact) mass is 175 g/mol. The third kappa shape index (κ3) is 1.71. The Kier molecular flexibility index (Phi) is 2.87. The summed E-state index contributed by atoms with van der Waals surface area (Å²) in [5, 5.41) is 2.44. The molecule has 0 saturated carbocycles. The molecule has 52 valence electrons. The van der Waals surface area contributed by atoms with Gasteiger partial charge in [0, 0.05) is 21.7 Å². The van der Waals surface area contributed by atoms with Gasteiger partial charge in [0.1, 0.15) is 0 Å². The second kappa shape index (κ2) is 3.70. The molecule has 0 N–H and O–H groups in total. The quantitative estimate of drug-likeness (QED) is 0.426. The minimum Gasteiger partial charge on any atom is -0.147 e. The first-order valence-corrected chi connectivity index (χ1v) is 3.32. The van der Waals surface area contributed by atoms with Gasteiger partial charge >= 0.3 is 0 Å². The summed E-state index contributed by atoms with van der Waals surface area (Å²) >= 11 is 0. The van der Waals surface area contributed by atoms with Gasteiger partial charge in [-0.1, -0.05) is 12.1 Å². The van der Waals surface area contributed by atoms with E-state index in [0.29, 0.717) is 0 Å². The molecule has 2 aromatic rings. The van der Waals surface area contributed by atoms with Gasteiger partial charge in [-0.25, -0.2) is 0 Å². The van der Waals surface area contributed by atoms with Crippen LogP contribution in [0.5, 0.6) is 0 Å².